The van der Waals surface area contributed by atoms with Crippen LogP contribution in [0.15, 0.2) is 48.5 Å². The molecule has 156 valence electrons. The van der Waals surface area contributed by atoms with E-state index in [1.165, 1.54) is 11.1 Å². The first-order valence-corrected chi connectivity index (χ1v) is 10.6. The molecule has 0 spiro atoms. The summed E-state index contributed by atoms with van der Waals surface area (Å²) in [7, 11) is 0. The Balaban J connectivity index is 1.81. The zero-order valence-electron chi connectivity index (χ0n) is 17.7. The van der Waals surface area contributed by atoms with Crippen LogP contribution in [0.25, 0.3) is 16.9 Å². The normalized spacial score (nSPS) is 19.2. The topological polar surface area (TPSA) is 47.4 Å². The summed E-state index contributed by atoms with van der Waals surface area (Å²) >= 11 is 6.46. The molecule has 0 N–H and O–H groups in total. The molecule has 30 heavy (non-hydrogen) atoms. The van der Waals surface area contributed by atoms with Gasteiger partial charge in [-0.05, 0) is 63.1 Å². The van der Waals surface area contributed by atoms with Crippen molar-refractivity contribution >= 4 is 17.5 Å². The second-order valence-electron chi connectivity index (χ2n) is 8.04. The highest BCUT2D eigenvalue weighted by Crippen LogP contribution is 2.28. The van der Waals surface area contributed by atoms with Gasteiger partial charge >= 0.3 is 0 Å². The number of carbonyl (C=O) groups excluding carboxylic acids is 1. The molecule has 0 aliphatic carbocycles. The van der Waals surface area contributed by atoms with Crippen molar-refractivity contribution in [1.82, 2.24) is 14.7 Å². The first kappa shape index (κ1) is 20.6. The Hall–Kier alpha value is -2.63. The van der Waals surface area contributed by atoms with Gasteiger partial charge in [0.15, 0.2) is 0 Å². The van der Waals surface area contributed by atoms with Gasteiger partial charge in [0.2, 0.25) is 0 Å². The third-order valence-electron chi connectivity index (χ3n) is 5.52. The standard InChI is InChI=1S/C24H26ClN3O2/c1-15-9-10-19(11-16(15)2)21-12-23(24(29)27-13-17(3)30-18(4)14-27)28(26-21)22-8-6-5-7-20(22)25/h5-12,17-18H,13-14H2,1-4H3. The minimum atomic E-state index is -0.0699. The minimum absolute atomic E-state index is 0.00592. The van der Waals surface area contributed by atoms with E-state index in [4.69, 9.17) is 21.4 Å². The number of aryl methyl sites for hydroxylation is 2. The van der Waals surface area contributed by atoms with Crippen LogP contribution in [0.4, 0.5) is 0 Å². The van der Waals surface area contributed by atoms with Gasteiger partial charge in [0.05, 0.1) is 28.6 Å². The highest BCUT2D eigenvalue weighted by atomic mass is 35.5. The molecular weight excluding hydrogens is 398 g/mol. The van der Waals surface area contributed by atoms with E-state index >= 15 is 0 Å². The lowest BCUT2D eigenvalue weighted by Gasteiger charge is -2.35. The van der Waals surface area contributed by atoms with Crippen LogP contribution in [0.2, 0.25) is 5.02 Å². The zero-order valence-corrected chi connectivity index (χ0v) is 18.5. The third-order valence-corrected chi connectivity index (χ3v) is 5.84. The summed E-state index contributed by atoms with van der Waals surface area (Å²) in [6.45, 7) is 9.24. The van der Waals surface area contributed by atoms with E-state index in [0.29, 0.717) is 29.5 Å². The summed E-state index contributed by atoms with van der Waals surface area (Å²) in [5.41, 5.74) is 5.31. The van der Waals surface area contributed by atoms with Crippen molar-refractivity contribution in [2.45, 2.75) is 39.9 Å². The van der Waals surface area contributed by atoms with Gasteiger partial charge in [0.25, 0.3) is 5.91 Å². The second-order valence-corrected chi connectivity index (χ2v) is 8.45. The van der Waals surface area contributed by atoms with Crippen molar-refractivity contribution in [3.63, 3.8) is 0 Å². The fourth-order valence-electron chi connectivity index (χ4n) is 3.89. The fraction of sp³-hybridized carbons (Fsp3) is 0.333. The van der Waals surface area contributed by atoms with E-state index in [2.05, 4.69) is 26.0 Å². The molecule has 0 bridgehead atoms. The molecule has 3 aromatic rings. The van der Waals surface area contributed by atoms with E-state index < -0.39 is 0 Å². The molecule has 5 nitrogen and oxygen atoms in total. The quantitative estimate of drug-likeness (QED) is 0.591. The lowest BCUT2D eigenvalue weighted by molar-refractivity contribution is -0.0588. The first-order valence-electron chi connectivity index (χ1n) is 10.2. The number of aromatic nitrogens is 2. The maximum atomic E-state index is 13.5. The van der Waals surface area contributed by atoms with E-state index in [1.807, 2.05) is 49.1 Å². The predicted octanol–water partition coefficient (Wildman–Crippen LogP) is 5.06. The minimum Gasteiger partial charge on any atom is -0.372 e. The van der Waals surface area contributed by atoms with Gasteiger partial charge in [0, 0.05) is 18.7 Å². The van der Waals surface area contributed by atoms with Crippen molar-refractivity contribution in [3.05, 3.63) is 70.4 Å². The average Bonchev–Trinajstić information content (AvgIpc) is 3.14. The maximum Gasteiger partial charge on any atom is 0.272 e. The second kappa shape index (κ2) is 8.25. The number of hydrogen-bond acceptors (Lipinski definition) is 3. The monoisotopic (exact) mass is 423 g/mol. The van der Waals surface area contributed by atoms with Crippen LogP contribution in [0.1, 0.15) is 35.5 Å². The summed E-state index contributed by atoms with van der Waals surface area (Å²) in [5.74, 6) is -0.0699. The van der Waals surface area contributed by atoms with E-state index in [1.54, 1.807) is 10.7 Å². The Morgan fingerprint density at radius 2 is 1.73 bits per heavy atom. The predicted molar refractivity (Wildman–Crippen MR) is 119 cm³/mol. The smallest absolute Gasteiger partial charge is 0.272 e. The maximum absolute atomic E-state index is 13.5. The van der Waals surface area contributed by atoms with Crippen molar-refractivity contribution in [3.8, 4) is 16.9 Å². The van der Waals surface area contributed by atoms with Gasteiger partial charge in [-0.15, -0.1) is 0 Å². The third kappa shape index (κ3) is 4.00. The first-order chi connectivity index (χ1) is 14.3. The van der Waals surface area contributed by atoms with Crippen molar-refractivity contribution in [1.29, 1.82) is 0 Å². The van der Waals surface area contributed by atoms with Gasteiger partial charge in [0.1, 0.15) is 5.69 Å². The largest absolute Gasteiger partial charge is 0.372 e. The Labute approximate surface area is 182 Å². The number of benzene rings is 2. The van der Waals surface area contributed by atoms with Crippen LogP contribution < -0.4 is 0 Å². The molecule has 2 aromatic carbocycles. The van der Waals surface area contributed by atoms with E-state index in [-0.39, 0.29) is 18.1 Å². The molecule has 1 amide bonds. The molecule has 1 saturated heterocycles. The molecule has 4 rings (SSSR count). The van der Waals surface area contributed by atoms with Crippen LogP contribution >= 0.6 is 11.6 Å². The molecule has 1 aliphatic rings. The molecule has 1 aromatic heterocycles. The van der Waals surface area contributed by atoms with E-state index in [9.17, 15) is 4.79 Å². The lowest BCUT2D eigenvalue weighted by atomic mass is 10.0. The van der Waals surface area contributed by atoms with E-state index in [0.717, 1.165) is 11.3 Å². The number of amides is 1. The molecule has 1 aliphatic heterocycles. The fourth-order valence-corrected chi connectivity index (χ4v) is 4.10. The van der Waals surface area contributed by atoms with Gasteiger partial charge in [-0.1, -0.05) is 35.9 Å². The number of rotatable bonds is 3. The zero-order chi connectivity index (χ0) is 21.4. The van der Waals surface area contributed by atoms with Crippen LogP contribution in [0, 0.1) is 13.8 Å². The lowest BCUT2D eigenvalue weighted by Crippen LogP contribution is -2.48. The number of morpholine rings is 1. The van der Waals surface area contributed by atoms with Gasteiger partial charge in [-0.25, -0.2) is 4.68 Å². The van der Waals surface area contributed by atoms with Crippen LogP contribution in [0.5, 0.6) is 0 Å². The van der Waals surface area contributed by atoms with Gasteiger partial charge < -0.3 is 9.64 Å². The summed E-state index contributed by atoms with van der Waals surface area (Å²) in [6, 6.07) is 15.5. The highest BCUT2D eigenvalue weighted by Gasteiger charge is 2.29. The molecule has 2 heterocycles. The van der Waals surface area contributed by atoms with Crippen molar-refractivity contribution < 1.29 is 9.53 Å². The summed E-state index contributed by atoms with van der Waals surface area (Å²) in [5, 5.41) is 5.34. The van der Waals surface area contributed by atoms with Gasteiger partial charge in [-0.3, -0.25) is 4.79 Å². The van der Waals surface area contributed by atoms with Crippen LogP contribution in [0.3, 0.4) is 0 Å². The van der Waals surface area contributed by atoms with Crippen molar-refractivity contribution in [2.24, 2.45) is 0 Å². The number of nitrogens with zero attached hydrogens (tertiary/aromatic N) is 3. The Morgan fingerprint density at radius 3 is 2.40 bits per heavy atom. The summed E-state index contributed by atoms with van der Waals surface area (Å²) < 4.78 is 7.46. The number of ether oxygens (including phenoxy) is 1. The number of para-hydroxylation sites is 1. The number of carbonyl (C=O) groups is 1. The molecular formula is C24H26ClN3O2. The Morgan fingerprint density at radius 1 is 1.03 bits per heavy atom. The number of hydrogen-bond donors (Lipinski definition) is 0. The summed E-state index contributed by atoms with van der Waals surface area (Å²) in [4.78, 5) is 15.4. The Bertz CT molecular complexity index is 1080. The molecule has 6 heteroatoms. The SMILES string of the molecule is Cc1ccc(-c2cc(C(=O)N3CC(C)OC(C)C3)n(-c3ccccc3Cl)n2)cc1C. The molecule has 0 saturated carbocycles. The number of halogens is 1. The van der Waals surface area contributed by atoms with Crippen molar-refractivity contribution in [2.75, 3.05) is 13.1 Å². The Kier molecular flexibility index (Phi) is 5.67. The van der Waals surface area contributed by atoms with Crippen LogP contribution in [-0.2, 0) is 4.74 Å². The summed E-state index contributed by atoms with van der Waals surface area (Å²) in [6.07, 6.45) is -0.0118. The molecule has 1 fully saturated rings. The average molecular weight is 424 g/mol. The highest BCUT2D eigenvalue weighted by molar-refractivity contribution is 6.32. The van der Waals surface area contributed by atoms with Crippen LogP contribution in [-0.4, -0.2) is 45.9 Å². The molecule has 2 unspecified atom stereocenters. The molecule has 2 atom stereocenters. The molecule has 0 radical (unpaired) electrons. The van der Waals surface area contributed by atoms with Gasteiger partial charge in [-0.2, -0.15) is 5.10 Å².